The van der Waals surface area contributed by atoms with Crippen molar-refractivity contribution < 1.29 is 14.7 Å². The molecule has 122 valence electrons. The number of nitrogens with zero attached hydrogens (tertiary/aromatic N) is 1. The van der Waals surface area contributed by atoms with Crippen molar-refractivity contribution >= 4 is 12.0 Å². The number of hydrogen-bond donors (Lipinski definition) is 2. The highest BCUT2D eigenvalue weighted by Gasteiger charge is 2.31. The molecule has 0 aromatic rings. The third kappa shape index (κ3) is 5.56. The summed E-state index contributed by atoms with van der Waals surface area (Å²) < 4.78 is 0. The van der Waals surface area contributed by atoms with E-state index in [1.54, 1.807) is 0 Å². The molecule has 21 heavy (non-hydrogen) atoms. The highest BCUT2D eigenvalue weighted by molar-refractivity contribution is 5.75. The zero-order valence-corrected chi connectivity index (χ0v) is 13.8. The Morgan fingerprint density at radius 1 is 1.19 bits per heavy atom. The number of carbonyl (C=O) groups excluding carboxylic acids is 1. The number of rotatable bonds is 6. The normalized spacial score (nSPS) is 22.4. The lowest BCUT2D eigenvalue weighted by Crippen LogP contribution is -2.48. The summed E-state index contributed by atoms with van der Waals surface area (Å²) in [5, 5.41) is 12.2. The van der Waals surface area contributed by atoms with Gasteiger partial charge in [0.25, 0.3) is 0 Å². The molecule has 5 nitrogen and oxygen atoms in total. The predicted molar refractivity (Wildman–Crippen MR) is 83.2 cm³/mol. The van der Waals surface area contributed by atoms with E-state index in [9.17, 15) is 14.7 Å². The highest BCUT2D eigenvalue weighted by Crippen LogP contribution is 2.29. The van der Waals surface area contributed by atoms with Gasteiger partial charge in [0.1, 0.15) is 0 Å². The van der Waals surface area contributed by atoms with Gasteiger partial charge in [-0.25, -0.2) is 4.79 Å². The minimum Gasteiger partial charge on any atom is -0.481 e. The summed E-state index contributed by atoms with van der Waals surface area (Å²) in [6.45, 7) is 9.37. The van der Waals surface area contributed by atoms with Gasteiger partial charge >= 0.3 is 12.0 Å². The minimum atomic E-state index is -0.725. The molecule has 2 N–H and O–H groups in total. The molecule has 2 unspecified atom stereocenters. The van der Waals surface area contributed by atoms with Gasteiger partial charge in [-0.1, -0.05) is 26.7 Å². The first-order valence-corrected chi connectivity index (χ1v) is 8.10. The number of amides is 2. The van der Waals surface area contributed by atoms with Gasteiger partial charge in [0.05, 0.1) is 5.92 Å². The van der Waals surface area contributed by atoms with Crippen LogP contribution in [0.4, 0.5) is 4.79 Å². The fourth-order valence-electron chi connectivity index (χ4n) is 3.02. The van der Waals surface area contributed by atoms with E-state index in [4.69, 9.17) is 0 Å². The molecule has 2 atom stereocenters. The standard InChI is InChI=1S/C16H30N2O3/c1-11(2)10-18(12(3)4)16(21)17-9-13-7-5-6-8-14(13)15(19)20/h11-14H,5-10H2,1-4H3,(H,17,21)(H,19,20). The lowest BCUT2D eigenvalue weighted by atomic mass is 9.79. The molecule has 0 aromatic heterocycles. The van der Waals surface area contributed by atoms with Crippen LogP contribution >= 0.6 is 0 Å². The van der Waals surface area contributed by atoms with E-state index in [1.165, 1.54) is 0 Å². The Kier molecular flexibility index (Phi) is 6.99. The molecule has 0 spiro atoms. The van der Waals surface area contributed by atoms with E-state index in [0.717, 1.165) is 32.2 Å². The Bertz CT molecular complexity index is 355. The van der Waals surface area contributed by atoms with Gasteiger partial charge in [-0.2, -0.15) is 0 Å². The van der Waals surface area contributed by atoms with E-state index < -0.39 is 5.97 Å². The summed E-state index contributed by atoms with van der Waals surface area (Å²) in [6.07, 6.45) is 3.66. The Morgan fingerprint density at radius 3 is 2.33 bits per heavy atom. The van der Waals surface area contributed by atoms with Gasteiger partial charge < -0.3 is 15.3 Å². The molecule has 1 saturated carbocycles. The summed E-state index contributed by atoms with van der Waals surface area (Å²) in [6, 6.07) is 0.0717. The smallest absolute Gasteiger partial charge is 0.317 e. The Balaban J connectivity index is 2.54. The molecule has 1 rings (SSSR count). The van der Waals surface area contributed by atoms with Crippen molar-refractivity contribution in [3.63, 3.8) is 0 Å². The molecular formula is C16H30N2O3. The third-order valence-electron chi connectivity index (χ3n) is 4.19. The Hall–Kier alpha value is -1.26. The van der Waals surface area contributed by atoms with Crippen LogP contribution in [0.1, 0.15) is 53.4 Å². The second-order valence-corrected chi connectivity index (χ2v) is 6.82. The molecule has 0 radical (unpaired) electrons. The van der Waals surface area contributed by atoms with E-state index in [2.05, 4.69) is 19.2 Å². The Morgan fingerprint density at radius 2 is 1.81 bits per heavy atom. The van der Waals surface area contributed by atoms with Crippen LogP contribution in [0.15, 0.2) is 0 Å². The number of nitrogens with one attached hydrogen (secondary N) is 1. The lowest BCUT2D eigenvalue weighted by molar-refractivity contribution is -0.144. The van der Waals surface area contributed by atoms with Crippen LogP contribution < -0.4 is 5.32 Å². The summed E-state index contributed by atoms with van der Waals surface area (Å²) in [5.41, 5.74) is 0. The van der Waals surface area contributed by atoms with Crippen LogP contribution in [0.5, 0.6) is 0 Å². The van der Waals surface area contributed by atoms with Crippen LogP contribution in [0.2, 0.25) is 0 Å². The van der Waals surface area contributed by atoms with Crippen molar-refractivity contribution in [2.24, 2.45) is 17.8 Å². The number of aliphatic carboxylic acids is 1. The number of hydrogen-bond acceptors (Lipinski definition) is 2. The minimum absolute atomic E-state index is 0.0632. The molecule has 2 amide bonds. The zero-order chi connectivity index (χ0) is 16.0. The SMILES string of the molecule is CC(C)CN(C(=O)NCC1CCCCC1C(=O)O)C(C)C. The lowest BCUT2D eigenvalue weighted by Gasteiger charge is -2.32. The molecule has 0 aliphatic heterocycles. The fraction of sp³-hybridized carbons (Fsp3) is 0.875. The largest absolute Gasteiger partial charge is 0.481 e. The zero-order valence-electron chi connectivity index (χ0n) is 13.8. The van der Waals surface area contributed by atoms with Crippen LogP contribution in [0.3, 0.4) is 0 Å². The topological polar surface area (TPSA) is 69.6 Å². The fourth-order valence-corrected chi connectivity index (χ4v) is 3.02. The van der Waals surface area contributed by atoms with Crippen molar-refractivity contribution in [1.29, 1.82) is 0 Å². The molecule has 0 aromatic carbocycles. The summed E-state index contributed by atoms with van der Waals surface area (Å²) in [5.74, 6) is -0.554. The molecule has 1 aliphatic carbocycles. The van der Waals surface area contributed by atoms with Crippen LogP contribution in [-0.2, 0) is 4.79 Å². The second kappa shape index (κ2) is 8.25. The van der Waals surface area contributed by atoms with E-state index in [0.29, 0.717) is 12.5 Å². The van der Waals surface area contributed by atoms with Crippen molar-refractivity contribution in [3.05, 3.63) is 0 Å². The highest BCUT2D eigenvalue weighted by atomic mass is 16.4. The number of carboxylic acid groups (broad SMARTS) is 1. The molecule has 5 heteroatoms. The Labute approximate surface area is 128 Å². The van der Waals surface area contributed by atoms with E-state index >= 15 is 0 Å². The average Bonchev–Trinajstić information content (AvgIpc) is 2.41. The van der Waals surface area contributed by atoms with Gasteiger partial charge in [0, 0.05) is 19.1 Å². The monoisotopic (exact) mass is 298 g/mol. The van der Waals surface area contributed by atoms with Crippen LogP contribution in [0, 0.1) is 17.8 Å². The molecule has 1 aliphatic rings. The van der Waals surface area contributed by atoms with Crippen molar-refractivity contribution in [3.8, 4) is 0 Å². The van der Waals surface area contributed by atoms with Gasteiger partial charge in [-0.05, 0) is 38.5 Å². The predicted octanol–water partition coefficient (Wildman–Crippen LogP) is 2.95. The number of carboxylic acids is 1. The van der Waals surface area contributed by atoms with Crippen LogP contribution in [0.25, 0.3) is 0 Å². The molecule has 0 saturated heterocycles. The van der Waals surface area contributed by atoms with Gasteiger partial charge in [0.2, 0.25) is 0 Å². The van der Waals surface area contributed by atoms with E-state index in [-0.39, 0.29) is 23.9 Å². The maximum absolute atomic E-state index is 12.3. The second-order valence-electron chi connectivity index (χ2n) is 6.82. The maximum Gasteiger partial charge on any atom is 0.317 e. The van der Waals surface area contributed by atoms with Crippen molar-refractivity contribution in [2.45, 2.75) is 59.4 Å². The summed E-state index contributed by atoms with van der Waals surface area (Å²) in [7, 11) is 0. The first kappa shape index (κ1) is 17.8. The first-order valence-electron chi connectivity index (χ1n) is 8.10. The van der Waals surface area contributed by atoms with Gasteiger partial charge in [-0.3, -0.25) is 4.79 Å². The van der Waals surface area contributed by atoms with Gasteiger partial charge in [-0.15, -0.1) is 0 Å². The van der Waals surface area contributed by atoms with Crippen molar-refractivity contribution in [2.75, 3.05) is 13.1 Å². The quantitative estimate of drug-likeness (QED) is 0.792. The van der Waals surface area contributed by atoms with Gasteiger partial charge in [0.15, 0.2) is 0 Å². The number of carbonyl (C=O) groups is 2. The first-order chi connectivity index (χ1) is 9.82. The van der Waals surface area contributed by atoms with Crippen LogP contribution in [-0.4, -0.2) is 41.1 Å². The molecule has 1 fully saturated rings. The molecular weight excluding hydrogens is 268 g/mol. The average molecular weight is 298 g/mol. The molecule has 0 bridgehead atoms. The van der Waals surface area contributed by atoms with E-state index in [1.807, 2.05) is 18.7 Å². The summed E-state index contributed by atoms with van der Waals surface area (Å²) in [4.78, 5) is 25.4. The third-order valence-corrected chi connectivity index (χ3v) is 4.19. The van der Waals surface area contributed by atoms with Crippen molar-refractivity contribution in [1.82, 2.24) is 10.2 Å². The summed E-state index contributed by atoms with van der Waals surface area (Å²) >= 11 is 0. The number of urea groups is 1. The molecule has 0 heterocycles. The maximum atomic E-state index is 12.3.